The van der Waals surface area contributed by atoms with Gasteiger partial charge in [0, 0.05) is 39.1 Å². The Morgan fingerprint density at radius 1 is 0.446 bits per heavy atom. The van der Waals surface area contributed by atoms with Gasteiger partial charge in [0.15, 0.2) is 0 Å². The Labute approximate surface area is 379 Å². The van der Waals surface area contributed by atoms with Crippen molar-refractivity contribution in [2.45, 2.75) is 18.8 Å². The Morgan fingerprint density at radius 3 is 1.92 bits per heavy atom. The molecular weight excluding hydrogens is 785 g/mol. The fourth-order valence-corrected chi connectivity index (χ4v) is 11.0. The summed E-state index contributed by atoms with van der Waals surface area (Å²) >= 11 is 0. The Kier molecular flexibility index (Phi) is 8.60. The van der Waals surface area contributed by atoms with E-state index in [0.717, 1.165) is 18.4 Å². The van der Waals surface area contributed by atoms with Gasteiger partial charge in [-0.1, -0.05) is 170 Å². The first-order valence-electron chi connectivity index (χ1n) is 22.7. The van der Waals surface area contributed by atoms with Crippen LogP contribution in [0.4, 0.5) is 0 Å². The molecule has 2 aromatic heterocycles. The summed E-state index contributed by atoms with van der Waals surface area (Å²) in [5.74, 6) is 0.238. The molecule has 0 bridgehead atoms. The van der Waals surface area contributed by atoms with Crippen LogP contribution >= 0.6 is 0 Å². The highest BCUT2D eigenvalue weighted by molar-refractivity contribution is 6.11. The molecule has 0 saturated heterocycles. The molecule has 0 amide bonds. The maximum atomic E-state index is 4.57. The van der Waals surface area contributed by atoms with Crippen molar-refractivity contribution in [2.75, 3.05) is 0 Å². The number of fused-ring (bicyclic) bond motifs is 9. The van der Waals surface area contributed by atoms with Crippen molar-refractivity contribution in [3.05, 3.63) is 264 Å². The number of hydrogen-bond donors (Lipinski definition) is 0. The van der Waals surface area contributed by atoms with Gasteiger partial charge < -0.3 is 9.13 Å². The van der Waals surface area contributed by atoms with E-state index in [2.05, 4.69) is 240 Å². The van der Waals surface area contributed by atoms with Crippen LogP contribution in [-0.4, -0.2) is 9.13 Å². The molecule has 0 spiro atoms. The highest BCUT2D eigenvalue weighted by Gasteiger charge is 2.27. The average molecular weight is 829 g/mol. The molecule has 0 saturated carbocycles. The quantitative estimate of drug-likeness (QED) is 0.151. The summed E-state index contributed by atoms with van der Waals surface area (Å²) in [6.45, 7) is 4.57. The molecule has 13 rings (SSSR count). The van der Waals surface area contributed by atoms with Gasteiger partial charge in [-0.05, 0) is 146 Å². The summed E-state index contributed by atoms with van der Waals surface area (Å²) in [7, 11) is 0. The van der Waals surface area contributed by atoms with Gasteiger partial charge in [-0.25, -0.2) is 0 Å². The number of aromatic nitrogens is 2. The van der Waals surface area contributed by atoms with E-state index in [4.69, 9.17) is 0 Å². The van der Waals surface area contributed by atoms with E-state index in [1.165, 1.54) is 117 Å². The fourth-order valence-electron chi connectivity index (χ4n) is 11.0. The third-order valence-electron chi connectivity index (χ3n) is 14.0. The molecule has 0 N–H and O–H groups in total. The predicted molar refractivity (Wildman–Crippen MR) is 273 cm³/mol. The van der Waals surface area contributed by atoms with Crippen molar-refractivity contribution >= 4 is 44.4 Å². The fraction of sp³-hybridized carbons (Fsp3) is 0.0476. The molecule has 11 aromatic rings. The summed E-state index contributed by atoms with van der Waals surface area (Å²) < 4.78 is 4.88. The molecule has 2 nitrogen and oxygen atoms in total. The summed E-state index contributed by atoms with van der Waals surface area (Å²) in [6.07, 6.45) is 6.60. The van der Waals surface area contributed by atoms with Crippen LogP contribution in [-0.2, 0) is 12.8 Å². The molecule has 65 heavy (non-hydrogen) atoms. The molecule has 306 valence electrons. The van der Waals surface area contributed by atoms with Crippen molar-refractivity contribution in [3.63, 3.8) is 0 Å². The third-order valence-corrected chi connectivity index (χ3v) is 14.0. The number of para-hydroxylation sites is 2. The van der Waals surface area contributed by atoms with Gasteiger partial charge in [-0.15, -0.1) is 0 Å². The van der Waals surface area contributed by atoms with E-state index in [1.54, 1.807) is 0 Å². The van der Waals surface area contributed by atoms with Crippen LogP contribution in [0.3, 0.4) is 0 Å². The van der Waals surface area contributed by atoms with Gasteiger partial charge in [-0.2, -0.15) is 0 Å². The molecule has 2 heterocycles. The smallest absolute Gasteiger partial charge is 0.0541 e. The first kappa shape index (κ1) is 37.4. The van der Waals surface area contributed by atoms with E-state index in [0.29, 0.717) is 0 Å². The third kappa shape index (κ3) is 6.09. The second-order valence-corrected chi connectivity index (χ2v) is 17.7. The first-order valence-corrected chi connectivity index (χ1v) is 22.7. The van der Waals surface area contributed by atoms with Crippen LogP contribution in [0.25, 0.3) is 89.1 Å². The molecule has 2 heteroatoms. The number of nitrogens with zero attached hydrogens (tertiary/aromatic N) is 2. The number of allylic oxidation sites excluding steroid dienone is 1. The molecule has 9 aromatic carbocycles. The minimum absolute atomic E-state index is 0.238. The van der Waals surface area contributed by atoms with E-state index in [9.17, 15) is 0 Å². The van der Waals surface area contributed by atoms with Gasteiger partial charge in [0.1, 0.15) is 0 Å². The van der Waals surface area contributed by atoms with Crippen molar-refractivity contribution in [2.24, 2.45) is 0 Å². The van der Waals surface area contributed by atoms with Crippen LogP contribution in [0.5, 0.6) is 0 Å². The van der Waals surface area contributed by atoms with Gasteiger partial charge in [-0.3, -0.25) is 0 Å². The van der Waals surface area contributed by atoms with Crippen molar-refractivity contribution in [1.29, 1.82) is 0 Å². The van der Waals surface area contributed by atoms with Gasteiger partial charge >= 0.3 is 0 Å². The molecule has 0 fully saturated rings. The van der Waals surface area contributed by atoms with Gasteiger partial charge in [0.25, 0.3) is 0 Å². The minimum Gasteiger partial charge on any atom is -0.310 e. The predicted octanol–water partition coefficient (Wildman–Crippen LogP) is 16.0. The zero-order valence-corrected chi connectivity index (χ0v) is 36.0. The summed E-state index contributed by atoms with van der Waals surface area (Å²) in [6, 6.07) is 78.1. The highest BCUT2D eigenvalue weighted by atomic mass is 15.0. The Hall–Kier alpha value is -8.20. The van der Waals surface area contributed by atoms with E-state index >= 15 is 0 Å². The van der Waals surface area contributed by atoms with Crippen molar-refractivity contribution in [1.82, 2.24) is 9.13 Å². The topological polar surface area (TPSA) is 9.86 Å². The molecule has 0 aliphatic heterocycles. The van der Waals surface area contributed by atoms with Crippen LogP contribution in [0.1, 0.15) is 45.0 Å². The normalized spacial score (nSPS) is 14.0. The molecule has 1 unspecified atom stereocenters. The summed E-state index contributed by atoms with van der Waals surface area (Å²) in [5.41, 5.74) is 23.8. The largest absolute Gasteiger partial charge is 0.310 e. The monoisotopic (exact) mass is 828 g/mol. The van der Waals surface area contributed by atoms with E-state index in [1.807, 2.05) is 0 Å². The van der Waals surface area contributed by atoms with E-state index in [-0.39, 0.29) is 5.92 Å². The molecule has 2 aliphatic rings. The van der Waals surface area contributed by atoms with Crippen LogP contribution in [0.2, 0.25) is 0 Å². The SMILES string of the molecule is C=C1c2ccccc2-c2cccc(Cc3cccc(C4C=Cc5c(c6cc(-c7ccc8c(c7)c7ccccc7n8-c7ccccc7)ccc6n5-c5cccc(-c6ccccc6)c5)C4)c3)c21. The second-order valence-electron chi connectivity index (χ2n) is 17.7. The lowest BCUT2D eigenvalue weighted by Crippen LogP contribution is -2.08. The van der Waals surface area contributed by atoms with Crippen molar-refractivity contribution < 1.29 is 0 Å². The van der Waals surface area contributed by atoms with Crippen LogP contribution in [0, 0.1) is 0 Å². The summed E-state index contributed by atoms with van der Waals surface area (Å²) in [4.78, 5) is 0. The Morgan fingerprint density at radius 2 is 1.08 bits per heavy atom. The number of benzene rings is 9. The molecule has 1 atom stereocenters. The van der Waals surface area contributed by atoms with Gasteiger partial charge in [0.2, 0.25) is 0 Å². The Bertz CT molecular complexity index is 3730. The molecular formula is C63H44N2. The molecule has 2 aliphatic carbocycles. The number of hydrogen-bond acceptors (Lipinski definition) is 0. The first-order chi connectivity index (χ1) is 32.1. The second kappa shape index (κ2) is 15.0. The zero-order chi connectivity index (χ0) is 43.0. The highest BCUT2D eigenvalue weighted by Crippen LogP contribution is 2.46. The zero-order valence-electron chi connectivity index (χ0n) is 36.0. The maximum Gasteiger partial charge on any atom is 0.0541 e. The Balaban J connectivity index is 0.915. The van der Waals surface area contributed by atoms with Crippen LogP contribution < -0.4 is 0 Å². The minimum atomic E-state index is 0.238. The van der Waals surface area contributed by atoms with Crippen molar-refractivity contribution in [3.8, 4) is 44.8 Å². The summed E-state index contributed by atoms with van der Waals surface area (Å²) in [5, 5.41) is 3.83. The molecule has 0 radical (unpaired) electrons. The lowest BCUT2D eigenvalue weighted by atomic mass is 9.85. The number of rotatable bonds is 7. The van der Waals surface area contributed by atoms with Crippen LogP contribution in [0.15, 0.2) is 225 Å². The maximum absolute atomic E-state index is 4.57. The van der Waals surface area contributed by atoms with Gasteiger partial charge in [0.05, 0.1) is 16.6 Å². The average Bonchev–Trinajstić information content (AvgIpc) is 3.99. The lowest BCUT2D eigenvalue weighted by molar-refractivity contribution is 0.823. The standard InChI is InChI=1S/C63H44N2/c1-41-52-24-8-9-25-53(52)55-27-14-20-49(63(41)55)36-42-15-12-18-44(35-42)46-29-33-61-57(39-46)58-40-48(31-34-62(58)65(61)51-23-13-19-45(37-51)43-16-4-2-5-17-43)47-30-32-60-56(38-47)54-26-10-11-28-59(54)64(60)50-21-6-3-7-22-50/h2-35,37-38,40,46H,1,36,39H2. The van der Waals surface area contributed by atoms with E-state index < -0.39 is 0 Å². The lowest BCUT2D eigenvalue weighted by Gasteiger charge is -2.20.